The van der Waals surface area contributed by atoms with Gasteiger partial charge in [-0.15, -0.1) is 0 Å². The number of benzene rings is 1. The predicted molar refractivity (Wildman–Crippen MR) is 88.2 cm³/mol. The number of hydrogen-bond acceptors (Lipinski definition) is 4. The van der Waals surface area contributed by atoms with E-state index in [2.05, 4.69) is 5.32 Å². The van der Waals surface area contributed by atoms with Gasteiger partial charge in [-0.2, -0.15) is 0 Å². The highest BCUT2D eigenvalue weighted by atomic mass is 16.6. The first-order chi connectivity index (χ1) is 11.5. The number of urea groups is 1. The minimum atomic E-state index is -0.547. The van der Waals surface area contributed by atoms with Crippen molar-refractivity contribution in [3.05, 3.63) is 23.8 Å². The second kappa shape index (κ2) is 6.59. The molecule has 0 aromatic heterocycles. The van der Waals surface area contributed by atoms with Gasteiger partial charge in [-0.1, -0.05) is 6.07 Å². The van der Waals surface area contributed by atoms with E-state index >= 15 is 0 Å². The van der Waals surface area contributed by atoms with E-state index in [4.69, 9.17) is 9.47 Å². The molecule has 0 saturated carbocycles. The van der Waals surface area contributed by atoms with Crippen LogP contribution in [0.5, 0.6) is 11.5 Å². The van der Waals surface area contributed by atoms with Gasteiger partial charge in [0.05, 0.1) is 5.54 Å². The third-order valence-corrected chi connectivity index (χ3v) is 4.43. The molecule has 0 unspecified atom stereocenters. The van der Waals surface area contributed by atoms with E-state index in [-0.39, 0.29) is 6.03 Å². The Morgan fingerprint density at radius 3 is 2.46 bits per heavy atom. The summed E-state index contributed by atoms with van der Waals surface area (Å²) in [6.07, 6.45) is 0.828. The quantitative estimate of drug-likeness (QED) is 0.843. The van der Waals surface area contributed by atoms with Gasteiger partial charge in [0.15, 0.2) is 11.5 Å². The molecule has 1 aromatic carbocycles. The zero-order valence-electron chi connectivity index (χ0n) is 14.1. The summed E-state index contributed by atoms with van der Waals surface area (Å²) in [5, 5.41) is 3.07. The lowest BCUT2D eigenvalue weighted by Crippen LogP contribution is -2.54. The Morgan fingerprint density at radius 2 is 1.79 bits per heavy atom. The fraction of sp³-hybridized carbons (Fsp3) is 0.529. The number of nitrogens with zero attached hydrogens (tertiary/aromatic N) is 2. The summed E-state index contributed by atoms with van der Waals surface area (Å²) in [5.74, 6) is 1.44. The van der Waals surface area contributed by atoms with E-state index in [0.717, 1.165) is 17.7 Å². The summed E-state index contributed by atoms with van der Waals surface area (Å²) >= 11 is 0. The molecule has 3 rings (SSSR count). The SMILES string of the molecule is CC(C)(NC(=O)N1CCN(C=O)CC1)c1ccc2c(c1)OCCO2. The lowest BCUT2D eigenvalue weighted by Gasteiger charge is -2.36. The highest BCUT2D eigenvalue weighted by Gasteiger charge is 2.28. The van der Waals surface area contributed by atoms with Crippen LogP contribution in [0.25, 0.3) is 0 Å². The van der Waals surface area contributed by atoms with E-state index in [9.17, 15) is 9.59 Å². The number of ether oxygens (including phenoxy) is 2. The molecule has 2 aliphatic heterocycles. The Morgan fingerprint density at radius 1 is 1.12 bits per heavy atom. The van der Waals surface area contributed by atoms with E-state index in [0.29, 0.717) is 45.1 Å². The molecule has 1 aromatic rings. The van der Waals surface area contributed by atoms with Gasteiger partial charge in [0.1, 0.15) is 13.2 Å². The summed E-state index contributed by atoms with van der Waals surface area (Å²) in [6, 6.07) is 5.61. The summed E-state index contributed by atoms with van der Waals surface area (Å²) in [5.41, 5.74) is 0.404. The number of fused-ring (bicyclic) bond motifs is 1. The lowest BCUT2D eigenvalue weighted by molar-refractivity contribution is -0.119. The molecule has 0 radical (unpaired) electrons. The molecular formula is C17H23N3O4. The second-order valence-corrected chi connectivity index (χ2v) is 6.54. The molecule has 3 amide bonds. The maximum atomic E-state index is 12.5. The average molecular weight is 333 g/mol. The van der Waals surface area contributed by atoms with Gasteiger partial charge >= 0.3 is 6.03 Å². The van der Waals surface area contributed by atoms with Crippen LogP contribution in [-0.2, 0) is 10.3 Å². The number of carbonyl (C=O) groups is 2. The number of carbonyl (C=O) groups excluding carboxylic acids is 2. The van der Waals surface area contributed by atoms with E-state index in [1.54, 1.807) is 9.80 Å². The van der Waals surface area contributed by atoms with Crippen molar-refractivity contribution in [2.24, 2.45) is 0 Å². The van der Waals surface area contributed by atoms with Crippen LogP contribution in [0.15, 0.2) is 18.2 Å². The predicted octanol–water partition coefficient (Wildman–Crippen LogP) is 1.18. The third-order valence-electron chi connectivity index (χ3n) is 4.43. The standard InChI is InChI=1S/C17H23N3O4/c1-17(2,13-3-4-14-15(11-13)24-10-9-23-14)18-16(22)20-7-5-19(12-21)6-8-20/h3-4,11-12H,5-10H2,1-2H3,(H,18,22). The zero-order chi connectivity index (χ0) is 17.2. The largest absolute Gasteiger partial charge is 0.486 e. The normalized spacial score (nSPS) is 17.4. The molecule has 0 atom stereocenters. The van der Waals surface area contributed by atoms with Crippen molar-refractivity contribution in [1.82, 2.24) is 15.1 Å². The first-order valence-corrected chi connectivity index (χ1v) is 8.16. The van der Waals surface area contributed by atoms with Crippen LogP contribution in [0.4, 0.5) is 4.79 Å². The Hall–Kier alpha value is -2.44. The van der Waals surface area contributed by atoms with Crippen molar-refractivity contribution in [2.75, 3.05) is 39.4 Å². The molecule has 1 fully saturated rings. The van der Waals surface area contributed by atoms with E-state index in [1.165, 1.54) is 0 Å². The minimum absolute atomic E-state index is 0.125. The summed E-state index contributed by atoms with van der Waals surface area (Å²) in [6.45, 7) is 7.23. The van der Waals surface area contributed by atoms with Gasteiger partial charge in [0, 0.05) is 26.2 Å². The monoisotopic (exact) mass is 333 g/mol. The fourth-order valence-corrected chi connectivity index (χ4v) is 2.88. The number of amides is 3. The van der Waals surface area contributed by atoms with Crippen molar-refractivity contribution in [3.8, 4) is 11.5 Å². The third kappa shape index (κ3) is 3.39. The molecule has 7 nitrogen and oxygen atoms in total. The molecule has 130 valence electrons. The second-order valence-electron chi connectivity index (χ2n) is 6.54. The van der Waals surface area contributed by atoms with Crippen LogP contribution in [0.2, 0.25) is 0 Å². The summed E-state index contributed by atoms with van der Waals surface area (Å²) in [7, 11) is 0. The Kier molecular flexibility index (Phi) is 4.51. The molecule has 2 aliphatic rings. The molecule has 1 saturated heterocycles. The van der Waals surface area contributed by atoms with Crippen LogP contribution in [0.3, 0.4) is 0 Å². The van der Waals surface area contributed by atoms with Crippen molar-refractivity contribution in [3.63, 3.8) is 0 Å². The fourth-order valence-electron chi connectivity index (χ4n) is 2.88. The van der Waals surface area contributed by atoms with Crippen molar-refractivity contribution < 1.29 is 19.1 Å². The average Bonchev–Trinajstić information content (AvgIpc) is 2.61. The highest BCUT2D eigenvalue weighted by molar-refractivity contribution is 5.75. The van der Waals surface area contributed by atoms with Crippen molar-refractivity contribution >= 4 is 12.4 Å². The Balaban J connectivity index is 1.67. The maximum absolute atomic E-state index is 12.5. The molecule has 0 bridgehead atoms. The first-order valence-electron chi connectivity index (χ1n) is 8.16. The van der Waals surface area contributed by atoms with Crippen LogP contribution in [0, 0.1) is 0 Å². The van der Waals surface area contributed by atoms with Gasteiger partial charge in [-0.3, -0.25) is 4.79 Å². The van der Waals surface area contributed by atoms with Crippen molar-refractivity contribution in [1.29, 1.82) is 0 Å². The van der Waals surface area contributed by atoms with Crippen molar-refractivity contribution in [2.45, 2.75) is 19.4 Å². The first kappa shape index (κ1) is 16.4. The van der Waals surface area contributed by atoms with Crippen LogP contribution >= 0.6 is 0 Å². The Labute approximate surface area is 141 Å². The molecular weight excluding hydrogens is 310 g/mol. The minimum Gasteiger partial charge on any atom is -0.486 e. The summed E-state index contributed by atoms with van der Waals surface area (Å²) in [4.78, 5) is 26.7. The van der Waals surface area contributed by atoms with Gasteiger partial charge in [-0.25, -0.2) is 4.79 Å². The molecule has 7 heteroatoms. The topological polar surface area (TPSA) is 71.1 Å². The van der Waals surface area contributed by atoms with Gasteiger partial charge < -0.3 is 24.6 Å². The van der Waals surface area contributed by atoms with E-state index < -0.39 is 5.54 Å². The Bertz CT molecular complexity index is 624. The molecule has 2 heterocycles. The van der Waals surface area contributed by atoms with Gasteiger partial charge in [0.2, 0.25) is 6.41 Å². The highest BCUT2D eigenvalue weighted by Crippen LogP contribution is 2.34. The lowest BCUT2D eigenvalue weighted by atomic mass is 9.94. The molecule has 0 aliphatic carbocycles. The summed E-state index contributed by atoms with van der Waals surface area (Å²) < 4.78 is 11.2. The number of piperazine rings is 1. The molecule has 1 N–H and O–H groups in total. The zero-order valence-corrected chi connectivity index (χ0v) is 14.1. The van der Waals surface area contributed by atoms with Crippen LogP contribution in [0.1, 0.15) is 19.4 Å². The number of hydrogen-bond donors (Lipinski definition) is 1. The smallest absolute Gasteiger partial charge is 0.318 e. The van der Waals surface area contributed by atoms with Gasteiger partial charge in [-0.05, 0) is 31.5 Å². The van der Waals surface area contributed by atoms with Crippen LogP contribution in [-0.4, -0.2) is 61.6 Å². The molecule has 24 heavy (non-hydrogen) atoms. The van der Waals surface area contributed by atoms with Gasteiger partial charge in [0.25, 0.3) is 0 Å². The number of rotatable bonds is 3. The maximum Gasteiger partial charge on any atom is 0.318 e. The molecule has 0 spiro atoms. The van der Waals surface area contributed by atoms with Crippen LogP contribution < -0.4 is 14.8 Å². The van der Waals surface area contributed by atoms with E-state index in [1.807, 2.05) is 32.0 Å². The number of nitrogens with one attached hydrogen (secondary N) is 1.